The van der Waals surface area contributed by atoms with Crippen LogP contribution < -0.4 is 10.2 Å². The number of unbranched alkanes of at least 4 members (excludes halogenated alkanes) is 45. The van der Waals surface area contributed by atoms with E-state index in [0.717, 1.165) is 51.4 Å². The SMILES string of the molecule is CCCCCCC/C=C\C/C=C\C/C=C\CCCCCCCCCCCCCCCCC(=O)NC(COP(=O)([O-])OCC[N+](C)(C)C)C(O)/C=C/CCCCCCCCCCCCCCCCCCCCCCCCCCCC. The van der Waals surface area contributed by atoms with E-state index < -0.39 is 20.0 Å². The van der Waals surface area contributed by atoms with Gasteiger partial charge in [-0.3, -0.25) is 9.36 Å². The maximum absolute atomic E-state index is 13.0. The molecule has 79 heavy (non-hydrogen) atoms. The van der Waals surface area contributed by atoms with Crippen molar-refractivity contribution in [2.45, 2.75) is 353 Å². The molecular weight excluding hydrogens is 996 g/mol. The fourth-order valence-corrected chi connectivity index (χ4v) is 11.1. The van der Waals surface area contributed by atoms with Crippen molar-refractivity contribution in [3.63, 3.8) is 0 Å². The minimum absolute atomic E-state index is 0.000744. The summed E-state index contributed by atoms with van der Waals surface area (Å²) < 4.78 is 23.5. The Kier molecular flexibility index (Phi) is 59.8. The number of rotatable bonds is 64. The predicted octanol–water partition coefficient (Wildman–Crippen LogP) is 21.2. The molecule has 0 aromatic heterocycles. The number of aliphatic hydroxyl groups is 1. The number of hydrogen-bond acceptors (Lipinski definition) is 6. The highest BCUT2D eigenvalue weighted by atomic mass is 31.2. The van der Waals surface area contributed by atoms with Crippen LogP contribution in [-0.4, -0.2) is 68.5 Å². The van der Waals surface area contributed by atoms with Crippen molar-refractivity contribution in [2.75, 3.05) is 40.9 Å². The van der Waals surface area contributed by atoms with Gasteiger partial charge in [0.25, 0.3) is 7.82 Å². The fourth-order valence-electron chi connectivity index (χ4n) is 10.4. The lowest BCUT2D eigenvalue weighted by Crippen LogP contribution is -2.45. The van der Waals surface area contributed by atoms with Crippen LogP contribution in [0.1, 0.15) is 341 Å². The topological polar surface area (TPSA) is 108 Å². The van der Waals surface area contributed by atoms with E-state index in [1.165, 1.54) is 270 Å². The van der Waals surface area contributed by atoms with Crippen LogP contribution in [-0.2, 0) is 18.4 Å². The molecule has 9 heteroatoms. The number of phosphoric acid groups is 1. The molecule has 0 spiro atoms. The lowest BCUT2D eigenvalue weighted by molar-refractivity contribution is -0.870. The normalized spacial score (nSPS) is 14.0. The zero-order valence-electron chi connectivity index (χ0n) is 53.3. The highest BCUT2D eigenvalue weighted by Crippen LogP contribution is 2.38. The summed E-state index contributed by atoms with van der Waals surface area (Å²) in [5, 5.41) is 14.0. The second kappa shape index (κ2) is 61.0. The van der Waals surface area contributed by atoms with Crippen molar-refractivity contribution >= 4 is 13.7 Å². The highest BCUT2D eigenvalue weighted by molar-refractivity contribution is 7.45. The van der Waals surface area contributed by atoms with Gasteiger partial charge >= 0.3 is 0 Å². The first kappa shape index (κ1) is 77.5. The summed E-state index contributed by atoms with van der Waals surface area (Å²) >= 11 is 0. The first-order chi connectivity index (χ1) is 38.5. The number of amides is 1. The van der Waals surface area contributed by atoms with E-state index in [1.807, 2.05) is 27.2 Å². The summed E-state index contributed by atoms with van der Waals surface area (Å²) in [4.78, 5) is 25.6. The summed E-state index contributed by atoms with van der Waals surface area (Å²) in [5.74, 6) is -0.194. The molecule has 3 atom stereocenters. The molecule has 0 aliphatic heterocycles. The third kappa shape index (κ3) is 63.9. The number of carbonyl (C=O) groups is 1. The van der Waals surface area contributed by atoms with Crippen LogP contribution in [0.25, 0.3) is 0 Å². The van der Waals surface area contributed by atoms with E-state index in [1.54, 1.807) is 6.08 Å². The van der Waals surface area contributed by atoms with E-state index in [9.17, 15) is 19.4 Å². The maximum atomic E-state index is 13.0. The van der Waals surface area contributed by atoms with Crippen LogP contribution in [0.2, 0.25) is 0 Å². The number of carbonyl (C=O) groups excluding carboxylic acids is 1. The molecule has 0 heterocycles. The van der Waals surface area contributed by atoms with Crippen LogP contribution in [0.15, 0.2) is 48.6 Å². The number of nitrogens with one attached hydrogen (secondary N) is 1. The third-order valence-electron chi connectivity index (χ3n) is 15.8. The van der Waals surface area contributed by atoms with Crippen molar-refractivity contribution in [1.82, 2.24) is 5.32 Å². The minimum Gasteiger partial charge on any atom is -0.756 e. The van der Waals surface area contributed by atoms with E-state index in [0.29, 0.717) is 17.4 Å². The average molecular weight is 1130 g/mol. The van der Waals surface area contributed by atoms with Crippen molar-refractivity contribution in [1.29, 1.82) is 0 Å². The molecular formula is C70H135N2O6P. The minimum atomic E-state index is -4.60. The van der Waals surface area contributed by atoms with Gasteiger partial charge in [-0.2, -0.15) is 0 Å². The van der Waals surface area contributed by atoms with Gasteiger partial charge in [-0.15, -0.1) is 0 Å². The number of quaternary nitrogens is 1. The Hall–Kier alpha value is -1.54. The molecule has 0 saturated carbocycles. The number of phosphoric ester groups is 1. The summed E-state index contributed by atoms with van der Waals surface area (Å²) in [6, 6.07) is -0.889. The van der Waals surface area contributed by atoms with E-state index >= 15 is 0 Å². The molecule has 0 aliphatic rings. The van der Waals surface area contributed by atoms with Crippen LogP contribution in [0, 0.1) is 0 Å². The Morgan fingerprint density at radius 1 is 0.443 bits per heavy atom. The molecule has 8 nitrogen and oxygen atoms in total. The van der Waals surface area contributed by atoms with Crippen molar-refractivity contribution < 1.29 is 32.9 Å². The standard InChI is InChI=1S/C70H135N2O6P/c1-6-8-10-12-14-16-18-20-22-24-26-28-30-32-34-36-38-40-42-44-46-48-50-52-54-56-58-60-62-64-70(74)71-68(67-78-79(75,76)77-66-65-72(3,4)5)69(73)63-61-59-57-55-53-51-49-47-45-43-41-39-37-35-33-31-29-27-25-23-21-19-17-15-13-11-9-7-2/h18,20,24,26,30,32,61,63,68-69,73H,6-17,19,21-23,25,27-29,31,33-60,62,64-67H2,1-5H3,(H-,71,74,75,76)/b20-18-,26-24-,32-30-,63-61+. The highest BCUT2D eigenvalue weighted by Gasteiger charge is 2.23. The first-order valence-corrected chi connectivity index (χ1v) is 36.0. The third-order valence-corrected chi connectivity index (χ3v) is 16.7. The second-order valence-corrected chi connectivity index (χ2v) is 26.3. The van der Waals surface area contributed by atoms with Crippen LogP contribution in [0.4, 0.5) is 0 Å². The molecule has 0 aromatic rings. The van der Waals surface area contributed by atoms with Gasteiger partial charge in [0.1, 0.15) is 13.2 Å². The van der Waals surface area contributed by atoms with Crippen molar-refractivity contribution in [3.8, 4) is 0 Å². The van der Waals surface area contributed by atoms with Crippen LogP contribution >= 0.6 is 7.82 Å². The van der Waals surface area contributed by atoms with Gasteiger partial charge in [-0.25, -0.2) is 0 Å². The molecule has 0 bridgehead atoms. The molecule has 466 valence electrons. The molecule has 1 amide bonds. The first-order valence-electron chi connectivity index (χ1n) is 34.5. The Balaban J connectivity index is 4.08. The van der Waals surface area contributed by atoms with Crippen molar-refractivity contribution in [2.24, 2.45) is 0 Å². The summed E-state index contributed by atoms with van der Waals surface area (Å²) in [6.45, 7) is 4.69. The Labute approximate surface area is 492 Å². The molecule has 0 aromatic carbocycles. The van der Waals surface area contributed by atoms with Gasteiger partial charge < -0.3 is 28.8 Å². The van der Waals surface area contributed by atoms with Crippen molar-refractivity contribution in [3.05, 3.63) is 48.6 Å². The van der Waals surface area contributed by atoms with E-state index in [2.05, 4.69) is 55.6 Å². The number of likely N-dealkylation sites (N-methyl/N-ethyl adjacent to an activating group) is 1. The molecule has 0 aliphatic carbocycles. The summed E-state index contributed by atoms with van der Waals surface area (Å²) in [7, 11) is 1.27. The maximum Gasteiger partial charge on any atom is 0.268 e. The number of allylic oxidation sites excluding steroid dienone is 7. The number of aliphatic hydroxyl groups excluding tert-OH is 1. The van der Waals surface area contributed by atoms with E-state index in [-0.39, 0.29) is 19.1 Å². The number of hydrogen-bond donors (Lipinski definition) is 2. The van der Waals surface area contributed by atoms with Gasteiger partial charge in [-0.05, 0) is 57.8 Å². The Morgan fingerprint density at radius 2 is 0.734 bits per heavy atom. The lowest BCUT2D eigenvalue weighted by atomic mass is 10.0. The van der Waals surface area contributed by atoms with Gasteiger partial charge in [0, 0.05) is 6.42 Å². The smallest absolute Gasteiger partial charge is 0.268 e. The predicted molar refractivity (Wildman–Crippen MR) is 344 cm³/mol. The van der Waals surface area contributed by atoms with Gasteiger partial charge in [0.2, 0.25) is 5.91 Å². The molecule has 0 radical (unpaired) electrons. The summed E-state index contributed by atoms with van der Waals surface area (Å²) in [5.41, 5.74) is 0. The monoisotopic (exact) mass is 1130 g/mol. The average Bonchev–Trinajstić information content (AvgIpc) is 3.42. The second-order valence-electron chi connectivity index (χ2n) is 24.9. The lowest BCUT2D eigenvalue weighted by Gasteiger charge is -2.29. The molecule has 3 unspecified atom stereocenters. The molecule has 0 rings (SSSR count). The molecule has 0 saturated heterocycles. The zero-order chi connectivity index (χ0) is 57.7. The quantitative estimate of drug-likeness (QED) is 0.0272. The number of nitrogens with zero attached hydrogens (tertiary/aromatic N) is 1. The largest absolute Gasteiger partial charge is 0.756 e. The van der Waals surface area contributed by atoms with Crippen LogP contribution in [0.5, 0.6) is 0 Å². The van der Waals surface area contributed by atoms with E-state index in [4.69, 9.17) is 9.05 Å². The Morgan fingerprint density at radius 3 is 1.06 bits per heavy atom. The molecule has 0 fully saturated rings. The van der Waals surface area contributed by atoms with Crippen LogP contribution in [0.3, 0.4) is 0 Å². The van der Waals surface area contributed by atoms with Gasteiger partial charge in [0.15, 0.2) is 0 Å². The molecule has 2 N–H and O–H groups in total. The fraction of sp³-hybridized carbons (Fsp3) is 0.871. The zero-order valence-corrected chi connectivity index (χ0v) is 54.2. The summed E-state index contributed by atoms with van der Waals surface area (Å²) in [6.07, 6.45) is 82.2. The van der Waals surface area contributed by atoms with Gasteiger partial charge in [0.05, 0.1) is 39.9 Å². The Bertz CT molecular complexity index is 1430. The van der Waals surface area contributed by atoms with Gasteiger partial charge in [-0.1, -0.05) is 326 Å².